The van der Waals surface area contributed by atoms with Crippen molar-refractivity contribution < 1.29 is 0 Å². The van der Waals surface area contributed by atoms with Gasteiger partial charge in [-0.15, -0.1) is 0 Å². The van der Waals surface area contributed by atoms with Gasteiger partial charge in [0.1, 0.15) is 11.9 Å². The monoisotopic (exact) mass is 225 g/mol. The maximum atomic E-state index is 9.00. The van der Waals surface area contributed by atoms with Gasteiger partial charge in [-0.25, -0.2) is 4.98 Å². The summed E-state index contributed by atoms with van der Waals surface area (Å²) in [6.45, 7) is 1.71. The molecule has 0 aromatic carbocycles. The van der Waals surface area contributed by atoms with Crippen LogP contribution in [0.5, 0.6) is 0 Å². The molecule has 84 valence electrons. The summed E-state index contributed by atoms with van der Waals surface area (Å²) >= 11 is 0. The van der Waals surface area contributed by atoms with E-state index in [0.717, 1.165) is 18.9 Å². The highest BCUT2D eigenvalue weighted by atomic mass is 15.4. The van der Waals surface area contributed by atoms with E-state index in [1.54, 1.807) is 24.5 Å². The average molecular weight is 225 g/mol. The van der Waals surface area contributed by atoms with Crippen LogP contribution in [0.2, 0.25) is 0 Å². The quantitative estimate of drug-likeness (QED) is 0.770. The van der Waals surface area contributed by atoms with Gasteiger partial charge >= 0.3 is 0 Å². The summed E-state index contributed by atoms with van der Waals surface area (Å²) in [7, 11) is 0. The molecule has 2 aromatic heterocycles. The van der Waals surface area contributed by atoms with E-state index in [9.17, 15) is 0 Å². The molecule has 3 heterocycles. The molecule has 0 saturated carbocycles. The fourth-order valence-corrected chi connectivity index (χ4v) is 2.03. The Morgan fingerprint density at radius 3 is 2.88 bits per heavy atom. The lowest BCUT2D eigenvalue weighted by Crippen LogP contribution is -2.48. The number of nitrogens with zero attached hydrogens (tertiary/aromatic N) is 5. The molecule has 3 rings (SSSR count). The van der Waals surface area contributed by atoms with Gasteiger partial charge in [0.25, 0.3) is 0 Å². The van der Waals surface area contributed by atoms with Gasteiger partial charge in [-0.1, -0.05) is 0 Å². The molecule has 0 radical (unpaired) electrons. The molecule has 1 aliphatic heterocycles. The molecule has 0 N–H and O–H groups in total. The number of rotatable bonds is 2. The molecule has 2 aromatic rings. The van der Waals surface area contributed by atoms with Crippen LogP contribution in [-0.4, -0.2) is 27.9 Å². The van der Waals surface area contributed by atoms with Crippen LogP contribution in [0.15, 0.2) is 36.8 Å². The molecule has 0 unspecified atom stereocenters. The first-order valence-corrected chi connectivity index (χ1v) is 5.47. The van der Waals surface area contributed by atoms with Crippen molar-refractivity contribution >= 4 is 5.82 Å². The highest BCUT2D eigenvalue weighted by Crippen LogP contribution is 2.27. The third kappa shape index (κ3) is 1.64. The van der Waals surface area contributed by atoms with Gasteiger partial charge in [0.2, 0.25) is 0 Å². The molecule has 17 heavy (non-hydrogen) atoms. The maximum Gasteiger partial charge on any atom is 0.146 e. The van der Waals surface area contributed by atoms with Crippen LogP contribution >= 0.6 is 0 Å². The third-order valence-electron chi connectivity index (χ3n) is 2.97. The van der Waals surface area contributed by atoms with Crippen molar-refractivity contribution in [2.24, 2.45) is 0 Å². The van der Waals surface area contributed by atoms with Crippen molar-refractivity contribution in [3.63, 3.8) is 0 Å². The maximum absolute atomic E-state index is 9.00. The van der Waals surface area contributed by atoms with Gasteiger partial charge in [-0.05, 0) is 18.2 Å². The zero-order valence-electron chi connectivity index (χ0n) is 9.19. The predicted molar refractivity (Wildman–Crippen MR) is 62.4 cm³/mol. The first-order chi connectivity index (χ1) is 8.38. The van der Waals surface area contributed by atoms with Crippen molar-refractivity contribution in [3.8, 4) is 6.07 Å². The summed E-state index contributed by atoms with van der Waals surface area (Å²) in [5, 5.41) is 13.2. The second-order valence-electron chi connectivity index (χ2n) is 4.03. The normalized spacial score (nSPS) is 15.4. The molecule has 1 fully saturated rings. The van der Waals surface area contributed by atoms with E-state index in [0.29, 0.717) is 11.6 Å². The SMILES string of the molecule is N#Cc1cccnc1N1CC(n2cccn2)C1. The van der Waals surface area contributed by atoms with Gasteiger partial charge in [0, 0.05) is 31.7 Å². The summed E-state index contributed by atoms with van der Waals surface area (Å²) in [5.74, 6) is 0.776. The first-order valence-electron chi connectivity index (χ1n) is 5.47. The smallest absolute Gasteiger partial charge is 0.146 e. The van der Waals surface area contributed by atoms with Crippen molar-refractivity contribution in [2.45, 2.75) is 6.04 Å². The van der Waals surface area contributed by atoms with E-state index in [4.69, 9.17) is 5.26 Å². The molecule has 0 spiro atoms. The fraction of sp³-hybridized carbons (Fsp3) is 0.250. The van der Waals surface area contributed by atoms with Gasteiger partial charge in [-0.3, -0.25) is 4.68 Å². The summed E-state index contributed by atoms with van der Waals surface area (Å²) in [6, 6.07) is 8.06. The molecular formula is C12H11N5. The van der Waals surface area contributed by atoms with Crippen molar-refractivity contribution in [3.05, 3.63) is 42.4 Å². The van der Waals surface area contributed by atoms with Crippen LogP contribution in [0, 0.1) is 11.3 Å². The Bertz CT molecular complexity index is 549. The minimum Gasteiger partial charge on any atom is -0.351 e. The summed E-state index contributed by atoms with van der Waals surface area (Å²) < 4.78 is 1.95. The minimum absolute atomic E-state index is 0.388. The molecule has 1 saturated heterocycles. The molecule has 5 heteroatoms. The standard InChI is InChI=1S/C12H11N5/c13-7-10-3-1-4-14-12(10)16-8-11(9-16)17-6-2-5-15-17/h1-6,11H,8-9H2. The zero-order valence-corrected chi connectivity index (χ0v) is 9.19. The number of pyridine rings is 1. The van der Waals surface area contributed by atoms with Crippen LogP contribution in [0.1, 0.15) is 11.6 Å². The highest BCUT2D eigenvalue weighted by Gasteiger charge is 2.30. The van der Waals surface area contributed by atoms with Gasteiger partial charge < -0.3 is 4.90 Å². The number of hydrogen-bond acceptors (Lipinski definition) is 4. The van der Waals surface area contributed by atoms with E-state index in [1.807, 2.05) is 16.9 Å². The lowest BCUT2D eigenvalue weighted by Gasteiger charge is -2.40. The molecular weight excluding hydrogens is 214 g/mol. The molecule has 0 aliphatic carbocycles. The van der Waals surface area contributed by atoms with Crippen molar-refractivity contribution in [1.82, 2.24) is 14.8 Å². The van der Waals surface area contributed by atoms with E-state index < -0.39 is 0 Å². The average Bonchev–Trinajstić information content (AvgIpc) is 2.81. The zero-order chi connectivity index (χ0) is 11.7. The van der Waals surface area contributed by atoms with E-state index >= 15 is 0 Å². The molecule has 0 bridgehead atoms. The number of nitriles is 1. The Morgan fingerprint density at radius 1 is 1.29 bits per heavy atom. The second kappa shape index (κ2) is 3.91. The Labute approximate surface area is 98.9 Å². The number of aromatic nitrogens is 3. The van der Waals surface area contributed by atoms with Crippen LogP contribution in [0.4, 0.5) is 5.82 Å². The van der Waals surface area contributed by atoms with Crippen LogP contribution in [0.25, 0.3) is 0 Å². The summed E-state index contributed by atoms with van der Waals surface area (Å²) in [4.78, 5) is 6.36. The van der Waals surface area contributed by atoms with Crippen LogP contribution in [-0.2, 0) is 0 Å². The Hall–Kier alpha value is -2.35. The molecule has 5 nitrogen and oxygen atoms in total. The van der Waals surface area contributed by atoms with Crippen LogP contribution in [0.3, 0.4) is 0 Å². The Morgan fingerprint density at radius 2 is 2.18 bits per heavy atom. The van der Waals surface area contributed by atoms with Crippen molar-refractivity contribution in [2.75, 3.05) is 18.0 Å². The minimum atomic E-state index is 0.388. The molecule has 1 aliphatic rings. The topological polar surface area (TPSA) is 57.7 Å². The second-order valence-corrected chi connectivity index (χ2v) is 4.03. The van der Waals surface area contributed by atoms with Gasteiger partial charge in [-0.2, -0.15) is 10.4 Å². The van der Waals surface area contributed by atoms with Crippen molar-refractivity contribution in [1.29, 1.82) is 5.26 Å². The van der Waals surface area contributed by atoms with Crippen LogP contribution < -0.4 is 4.90 Å². The summed E-state index contributed by atoms with van der Waals surface area (Å²) in [5.41, 5.74) is 0.631. The predicted octanol–water partition coefficient (Wildman–Crippen LogP) is 1.21. The molecule has 0 amide bonds. The number of hydrogen-bond donors (Lipinski definition) is 0. The first kappa shape index (κ1) is 9.85. The van der Waals surface area contributed by atoms with Gasteiger partial charge in [0.05, 0.1) is 11.6 Å². The van der Waals surface area contributed by atoms with E-state index in [1.165, 1.54) is 0 Å². The lowest BCUT2D eigenvalue weighted by molar-refractivity contribution is 0.366. The van der Waals surface area contributed by atoms with Gasteiger partial charge in [0.15, 0.2) is 0 Å². The Balaban J connectivity index is 1.75. The third-order valence-corrected chi connectivity index (χ3v) is 2.97. The summed E-state index contributed by atoms with van der Waals surface area (Å²) in [6.07, 6.45) is 5.47. The fourth-order valence-electron chi connectivity index (χ4n) is 2.03. The van der Waals surface area contributed by atoms with E-state index in [-0.39, 0.29) is 0 Å². The Kier molecular flexibility index (Phi) is 2.26. The lowest BCUT2D eigenvalue weighted by atomic mass is 10.1. The molecule has 0 atom stereocenters. The van der Waals surface area contributed by atoms with E-state index in [2.05, 4.69) is 21.1 Å². The number of anilines is 1. The highest BCUT2D eigenvalue weighted by molar-refractivity contribution is 5.55. The largest absolute Gasteiger partial charge is 0.351 e.